The summed E-state index contributed by atoms with van der Waals surface area (Å²) in [5.41, 5.74) is 5.63. The highest BCUT2D eigenvalue weighted by Crippen LogP contribution is 2.38. The van der Waals surface area contributed by atoms with Crippen molar-refractivity contribution < 1.29 is 14.3 Å². The van der Waals surface area contributed by atoms with E-state index in [0.717, 1.165) is 58.7 Å². The lowest BCUT2D eigenvalue weighted by Crippen LogP contribution is -2.49. The molecule has 0 atom stereocenters. The minimum atomic E-state index is -0.0325. The van der Waals surface area contributed by atoms with Gasteiger partial charge in [-0.05, 0) is 29.8 Å². The van der Waals surface area contributed by atoms with Crippen LogP contribution in [0.3, 0.4) is 0 Å². The zero-order valence-electron chi connectivity index (χ0n) is 21.9. The number of piperazine rings is 1. The van der Waals surface area contributed by atoms with Crippen molar-refractivity contribution in [1.29, 1.82) is 0 Å². The summed E-state index contributed by atoms with van der Waals surface area (Å²) >= 11 is 6.71. The van der Waals surface area contributed by atoms with E-state index in [0.29, 0.717) is 36.0 Å². The minimum absolute atomic E-state index is 0.0325. The average molecular weight is 534 g/mol. The second-order valence-electron chi connectivity index (χ2n) is 9.28. The number of pyridine rings is 1. The summed E-state index contributed by atoms with van der Waals surface area (Å²) in [4.78, 5) is 25.8. The Labute approximate surface area is 227 Å². The highest BCUT2D eigenvalue weighted by atomic mass is 35.5. The number of amides is 1. The van der Waals surface area contributed by atoms with E-state index in [9.17, 15) is 4.79 Å². The quantitative estimate of drug-likeness (QED) is 0.331. The van der Waals surface area contributed by atoms with E-state index in [-0.39, 0.29) is 5.91 Å². The van der Waals surface area contributed by atoms with Crippen molar-refractivity contribution in [2.45, 2.75) is 0 Å². The van der Waals surface area contributed by atoms with Crippen molar-refractivity contribution in [1.82, 2.24) is 19.8 Å². The summed E-state index contributed by atoms with van der Waals surface area (Å²) < 4.78 is 10.8. The second-order valence-corrected chi connectivity index (χ2v) is 9.69. The van der Waals surface area contributed by atoms with Gasteiger partial charge in [0.2, 0.25) is 0 Å². The smallest absolute Gasteiger partial charge is 0.256 e. The van der Waals surface area contributed by atoms with Gasteiger partial charge in [-0.25, -0.2) is 4.98 Å². The number of aromatic nitrogens is 2. The molecule has 0 spiro atoms. The average Bonchev–Trinajstić information content (AvgIpc) is 3.38. The number of para-hydroxylation sites is 1. The van der Waals surface area contributed by atoms with E-state index in [4.69, 9.17) is 21.1 Å². The molecule has 0 saturated carbocycles. The molecule has 1 amide bonds. The van der Waals surface area contributed by atoms with Crippen LogP contribution in [-0.4, -0.2) is 86.3 Å². The molecule has 5 rings (SSSR count). The first-order valence-corrected chi connectivity index (χ1v) is 13.0. The maximum Gasteiger partial charge on any atom is 0.256 e. The number of carbonyl (C=O) groups is 1. The zero-order valence-corrected chi connectivity index (χ0v) is 22.6. The molecule has 1 fully saturated rings. The van der Waals surface area contributed by atoms with E-state index < -0.39 is 0 Å². The number of fused-ring (bicyclic) bond motifs is 1. The number of rotatable bonds is 8. The van der Waals surface area contributed by atoms with Gasteiger partial charge in [0.15, 0.2) is 0 Å². The SMILES string of the molecule is CNc1c(Cl)cc(-c2cnc3[nH]cc(-c4ccccc4OC)c3c2)cc1C(=O)N1CCN(CCOC)CC1. The van der Waals surface area contributed by atoms with Gasteiger partial charge in [-0.1, -0.05) is 29.8 Å². The van der Waals surface area contributed by atoms with Gasteiger partial charge in [0.1, 0.15) is 11.4 Å². The summed E-state index contributed by atoms with van der Waals surface area (Å²) in [6.07, 6.45) is 3.75. The molecular weight excluding hydrogens is 502 g/mol. The number of hydrogen-bond donors (Lipinski definition) is 2. The van der Waals surface area contributed by atoms with Crippen LogP contribution in [-0.2, 0) is 4.74 Å². The van der Waals surface area contributed by atoms with Crippen molar-refractivity contribution in [3.8, 4) is 28.0 Å². The van der Waals surface area contributed by atoms with E-state index in [2.05, 4.69) is 26.3 Å². The molecule has 198 valence electrons. The number of aromatic amines is 1. The number of H-pyrrole nitrogens is 1. The number of nitrogens with zero attached hydrogens (tertiary/aromatic N) is 3. The predicted molar refractivity (Wildman–Crippen MR) is 152 cm³/mol. The molecule has 0 aliphatic carbocycles. The number of anilines is 1. The number of carbonyl (C=O) groups excluding carboxylic acids is 1. The third-order valence-corrected chi connectivity index (χ3v) is 7.40. The zero-order chi connectivity index (χ0) is 26.6. The standard InChI is InChI=1S/C29H32ClN5O3/c1-31-27-23(29(36)35-10-8-34(9-11-35)12-13-37-2)14-19(16-25(27)30)20-15-22-24(18-33-28(22)32-17-20)21-6-4-5-7-26(21)38-3/h4-7,14-18,31H,8-13H2,1-3H3,(H,32,33). The van der Waals surface area contributed by atoms with Crippen molar-refractivity contribution in [2.75, 3.05) is 65.9 Å². The third kappa shape index (κ3) is 5.07. The lowest BCUT2D eigenvalue weighted by atomic mass is 9.99. The Morgan fingerprint density at radius 1 is 1.08 bits per heavy atom. The fraction of sp³-hybridized carbons (Fsp3) is 0.310. The molecule has 8 nitrogen and oxygen atoms in total. The van der Waals surface area contributed by atoms with Crippen LogP contribution >= 0.6 is 11.6 Å². The van der Waals surface area contributed by atoms with Gasteiger partial charge in [0.25, 0.3) is 5.91 Å². The molecule has 4 aromatic rings. The largest absolute Gasteiger partial charge is 0.496 e. The Bertz CT molecular complexity index is 1450. The lowest BCUT2D eigenvalue weighted by molar-refractivity contribution is 0.0595. The molecule has 2 N–H and O–H groups in total. The van der Waals surface area contributed by atoms with Gasteiger partial charge in [-0.15, -0.1) is 0 Å². The van der Waals surface area contributed by atoms with Gasteiger partial charge in [-0.2, -0.15) is 0 Å². The van der Waals surface area contributed by atoms with Crippen LogP contribution in [0.15, 0.2) is 54.9 Å². The van der Waals surface area contributed by atoms with Crippen molar-refractivity contribution in [3.05, 3.63) is 65.4 Å². The Morgan fingerprint density at radius 2 is 1.87 bits per heavy atom. The first-order valence-electron chi connectivity index (χ1n) is 12.7. The van der Waals surface area contributed by atoms with Crippen LogP contribution in [0.4, 0.5) is 5.69 Å². The van der Waals surface area contributed by atoms with Gasteiger partial charge >= 0.3 is 0 Å². The molecule has 0 unspecified atom stereocenters. The number of nitrogens with one attached hydrogen (secondary N) is 2. The topological polar surface area (TPSA) is 82.7 Å². The summed E-state index contributed by atoms with van der Waals surface area (Å²) in [6, 6.07) is 13.8. The van der Waals surface area contributed by atoms with Crippen LogP contribution in [0.25, 0.3) is 33.3 Å². The van der Waals surface area contributed by atoms with Crippen LogP contribution in [0.2, 0.25) is 5.02 Å². The lowest BCUT2D eigenvalue weighted by Gasteiger charge is -2.35. The maximum atomic E-state index is 13.7. The maximum absolute atomic E-state index is 13.7. The molecule has 1 saturated heterocycles. The Kier molecular flexibility index (Phi) is 7.83. The van der Waals surface area contributed by atoms with Crippen LogP contribution in [0.5, 0.6) is 5.75 Å². The van der Waals surface area contributed by atoms with E-state index in [1.165, 1.54) is 0 Å². The molecule has 3 heterocycles. The number of ether oxygens (including phenoxy) is 2. The van der Waals surface area contributed by atoms with Crippen molar-refractivity contribution >= 4 is 34.2 Å². The normalized spacial score (nSPS) is 14.2. The fourth-order valence-corrected chi connectivity index (χ4v) is 5.33. The van der Waals surface area contributed by atoms with E-state index >= 15 is 0 Å². The first-order chi connectivity index (χ1) is 18.5. The monoisotopic (exact) mass is 533 g/mol. The van der Waals surface area contributed by atoms with Crippen molar-refractivity contribution in [2.24, 2.45) is 0 Å². The Balaban J connectivity index is 1.49. The molecule has 0 radical (unpaired) electrons. The highest BCUT2D eigenvalue weighted by Gasteiger charge is 2.25. The van der Waals surface area contributed by atoms with E-state index in [1.807, 2.05) is 47.5 Å². The van der Waals surface area contributed by atoms with Crippen LogP contribution < -0.4 is 10.1 Å². The molecule has 38 heavy (non-hydrogen) atoms. The Morgan fingerprint density at radius 3 is 2.61 bits per heavy atom. The fourth-order valence-electron chi connectivity index (χ4n) is 5.01. The van der Waals surface area contributed by atoms with Gasteiger partial charge in [0.05, 0.1) is 30.0 Å². The molecule has 1 aliphatic heterocycles. The number of methoxy groups -OCH3 is 2. The van der Waals surface area contributed by atoms with Crippen LogP contribution in [0, 0.1) is 0 Å². The number of benzene rings is 2. The molecule has 2 aromatic carbocycles. The van der Waals surface area contributed by atoms with Crippen LogP contribution in [0.1, 0.15) is 10.4 Å². The molecular formula is C29H32ClN5O3. The molecule has 0 bridgehead atoms. The molecule has 2 aromatic heterocycles. The van der Waals surface area contributed by atoms with Gasteiger partial charge in [0, 0.05) is 81.4 Å². The first kappa shape index (κ1) is 26.0. The van der Waals surface area contributed by atoms with E-state index in [1.54, 1.807) is 27.5 Å². The minimum Gasteiger partial charge on any atom is -0.496 e. The summed E-state index contributed by atoms with van der Waals surface area (Å²) in [7, 11) is 5.16. The molecule has 1 aliphatic rings. The third-order valence-electron chi connectivity index (χ3n) is 7.10. The predicted octanol–water partition coefficient (Wildman–Crippen LogP) is 5.00. The second kappa shape index (κ2) is 11.4. The number of hydrogen-bond acceptors (Lipinski definition) is 6. The number of halogens is 1. The Hall–Kier alpha value is -3.59. The molecule has 9 heteroatoms. The highest BCUT2D eigenvalue weighted by molar-refractivity contribution is 6.34. The summed E-state index contributed by atoms with van der Waals surface area (Å²) in [6.45, 7) is 4.51. The van der Waals surface area contributed by atoms with Gasteiger partial charge < -0.3 is 24.7 Å². The van der Waals surface area contributed by atoms with Crippen molar-refractivity contribution in [3.63, 3.8) is 0 Å². The summed E-state index contributed by atoms with van der Waals surface area (Å²) in [5, 5.41) is 4.58. The van der Waals surface area contributed by atoms with Gasteiger partial charge in [-0.3, -0.25) is 9.69 Å². The summed E-state index contributed by atoms with van der Waals surface area (Å²) in [5.74, 6) is 0.755.